The molecule has 0 heterocycles. The van der Waals surface area contributed by atoms with E-state index in [9.17, 15) is 14.7 Å². The maximum absolute atomic E-state index is 12.7. The molecule has 0 aromatic heterocycles. The Kier molecular flexibility index (Phi) is 8.12. The van der Waals surface area contributed by atoms with Crippen molar-refractivity contribution < 1.29 is 19.4 Å². The molecular weight excluding hydrogens is 410 g/mol. The van der Waals surface area contributed by atoms with Gasteiger partial charge in [0.15, 0.2) is 6.04 Å². The Morgan fingerprint density at radius 3 is 2.03 bits per heavy atom. The first-order chi connectivity index (χ1) is 15.1. The van der Waals surface area contributed by atoms with Crippen molar-refractivity contribution in [2.45, 2.75) is 18.9 Å². The molecule has 0 aliphatic rings. The van der Waals surface area contributed by atoms with Crippen LogP contribution in [0.25, 0.3) is 0 Å². The van der Waals surface area contributed by atoms with Crippen molar-refractivity contribution >= 4 is 24.5 Å². The van der Waals surface area contributed by atoms with Gasteiger partial charge >= 0.3 is 5.97 Å². The second kappa shape index (κ2) is 11.2. The highest BCUT2D eigenvalue weighted by Crippen LogP contribution is 2.24. The summed E-state index contributed by atoms with van der Waals surface area (Å²) >= 11 is 4.30. The van der Waals surface area contributed by atoms with E-state index in [0.29, 0.717) is 29.2 Å². The predicted molar refractivity (Wildman–Crippen MR) is 124 cm³/mol. The minimum Gasteiger partial charge on any atom is -0.479 e. The summed E-state index contributed by atoms with van der Waals surface area (Å²) in [4.78, 5) is 24.6. The molecule has 160 valence electrons. The van der Waals surface area contributed by atoms with Gasteiger partial charge in [-0.25, -0.2) is 4.79 Å². The van der Waals surface area contributed by atoms with Crippen molar-refractivity contribution in [1.82, 2.24) is 5.32 Å². The van der Waals surface area contributed by atoms with Crippen LogP contribution in [-0.4, -0.2) is 22.7 Å². The number of benzene rings is 3. The molecule has 3 aromatic carbocycles. The highest BCUT2D eigenvalue weighted by atomic mass is 32.1. The van der Waals surface area contributed by atoms with E-state index in [2.05, 4.69) is 17.9 Å². The Morgan fingerprint density at radius 1 is 0.871 bits per heavy atom. The summed E-state index contributed by atoms with van der Waals surface area (Å²) in [5.41, 5.74) is 1.60. The van der Waals surface area contributed by atoms with Crippen LogP contribution in [0, 0.1) is 5.92 Å². The van der Waals surface area contributed by atoms with Crippen LogP contribution in [0.1, 0.15) is 23.6 Å². The van der Waals surface area contributed by atoms with Crippen LogP contribution < -0.4 is 10.1 Å². The topological polar surface area (TPSA) is 75.6 Å². The Balaban J connectivity index is 1.63. The van der Waals surface area contributed by atoms with E-state index in [4.69, 9.17) is 4.74 Å². The van der Waals surface area contributed by atoms with Gasteiger partial charge in [0.2, 0.25) is 5.91 Å². The van der Waals surface area contributed by atoms with Crippen molar-refractivity contribution in [2.24, 2.45) is 5.92 Å². The number of carboxylic acids is 1. The number of rotatable bonds is 10. The van der Waals surface area contributed by atoms with Gasteiger partial charge in [0.25, 0.3) is 0 Å². The van der Waals surface area contributed by atoms with Crippen molar-refractivity contribution in [2.75, 3.05) is 5.75 Å². The lowest BCUT2D eigenvalue weighted by atomic mass is 9.99. The van der Waals surface area contributed by atoms with Crippen molar-refractivity contribution in [3.8, 4) is 11.5 Å². The molecular formula is C25H25NO4S. The highest BCUT2D eigenvalue weighted by molar-refractivity contribution is 7.80. The fraction of sp³-hybridized carbons (Fsp3) is 0.200. The number of thiol groups is 1. The molecule has 31 heavy (non-hydrogen) atoms. The summed E-state index contributed by atoms with van der Waals surface area (Å²) < 4.78 is 5.74. The molecule has 3 aromatic rings. The summed E-state index contributed by atoms with van der Waals surface area (Å²) in [6.07, 6.45) is 1.32. The van der Waals surface area contributed by atoms with Gasteiger partial charge in [-0.2, -0.15) is 12.6 Å². The third kappa shape index (κ3) is 6.62. The molecule has 1 amide bonds. The Labute approximate surface area is 187 Å². The monoisotopic (exact) mass is 435 g/mol. The first-order valence-electron chi connectivity index (χ1n) is 10.1. The molecule has 0 saturated heterocycles. The molecule has 5 nitrogen and oxygen atoms in total. The molecule has 2 unspecified atom stereocenters. The molecule has 0 bridgehead atoms. The molecule has 6 heteroatoms. The predicted octanol–water partition coefficient (Wildman–Crippen LogP) is 4.90. The van der Waals surface area contributed by atoms with E-state index in [0.717, 1.165) is 12.0 Å². The summed E-state index contributed by atoms with van der Waals surface area (Å²) in [6.45, 7) is 0. The molecule has 0 radical (unpaired) electrons. The van der Waals surface area contributed by atoms with Crippen LogP contribution in [0.3, 0.4) is 0 Å². The Bertz CT molecular complexity index is 977. The van der Waals surface area contributed by atoms with E-state index >= 15 is 0 Å². The van der Waals surface area contributed by atoms with E-state index < -0.39 is 12.0 Å². The zero-order valence-corrected chi connectivity index (χ0v) is 17.9. The average molecular weight is 436 g/mol. The lowest BCUT2D eigenvalue weighted by molar-refractivity contribution is -0.142. The SMILES string of the molecule is O=C(NC(C(=O)O)c1ccc(Oc2ccccc2)cc1)C(CS)CCc1ccccc1. The number of carboxylic acid groups (broad SMARTS) is 1. The number of aliphatic carboxylic acids is 1. The van der Waals surface area contributed by atoms with Crippen molar-refractivity contribution in [3.63, 3.8) is 0 Å². The zero-order chi connectivity index (χ0) is 22.1. The number of para-hydroxylation sites is 1. The second-order valence-corrected chi connectivity index (χ2v) is 7.53. The van der Waals surface area contributed by atoms with Crippen LogP contribution in [-0.2, 0) is 16.0 Å². The van der Waals surface area contributed by atoms with Gasteiger partial charge in [-0.15, -0.1) is 0 Å². The standard InChI is InChI=1S/C25H25NO4S/c27-24(20(17-31)12-11-18-7-3-1-4-8-18)26-23(25(28)29)19-13-15-22(16-14-19)30-21-9-5-2-6-10-21/h1-10,13-16,20,23,31H,11-12,17H2,(H,26,27)(H,28,29). The number of hydrogen-bond acceptors (Lipinski definition) is 4. The van der Waals surface area contributed by atoms with Gasteiger partial charge in [-0.1, -0.05) is 60.7 Å². The van der Waals surface area contributed by atoms with Crippen molar-refractivity contribution in [3.05, 3.63) is 96.1 Å². The number of aryl methyl sites for hydroxylation is 1. The summed E-state index contributed by atoms with van der Waals surface area (Å²) in [6, 6.07) is 24.7. The number of ether oxygens (including phenoxy) is 1. The zero-order valence-electron chi connectivity index (χ0n) is 17.0. The quantitative estimate of drug-likeness (QED) is 0.396. The minimum absolute atomic E-state index is 0.317. The fourth-order valence-electron chi connectivity index (χ4n) is 3.19. The van der Waals surface area contributed by atoms with E-state index in [1.165, 1.54) is 0 Å². The third-order valence-corrected chi connectivity index (χ3v) is 5.38. The first-order valence-corrected chi connectivity index (χ1v) is 10.7. The van der Waals surface area contributed by atoms with Crippen LogP contribution >= 0.6 is 12.6 Å². The van der Waals surface area contributed by atoms with Crippen LogP contribution in [0.5, 0.6) is 11.5 Å². The molecule has 0 aliphatic heterocycles. The summed E-state index contributed by atoms with van der Waals surface area (Å²) in [7, 11) is 0. The van der Waals surface area contributed by atoms with E-state index in [1.807, 2.05) is 60.7 Å². The lowest BCUT2D eigenvalue weighted by Crippen LogP contribution is -2.38. The lowest BCUT2D eigenvalue weighted by Gasteiger charge is -2.20. The van der Waals surface area contributed by atoms with Crippen LogP contribution in [0.2, 0.25) is 0 Å². The maximum Gasteiger partial charge on any atom is 0.330 e. The summed E-state index contributed by atoms with van der Waals surface area (Å²) in [5, 5.41) is 12.3. The van der Waals surface area contributed by atoms with Gasteiger partial charge in [-0.05, 0) is 48.2 Å². The number of hydrogen-bond donors (Lipinski definition) is 3. The maximum atomic E-state index is 12.7. The molecule has 2 atom stereocenters. The van der Waals surface area contributed by atoms with Crippen molar-refractivity contribution in [1.29, 1.82) is 0 Å². The molecule has 3 rings (SSSR count). The smallest absolute Gasteiger partial charge is 0.330 e. The number of nitrogens with one attached hydrogen (secondary N) is 1. The molecule has 0 saturated carbocycles. The van der Waals surface area contributed by atoms with Crippen LogP contribution in [0.15, 0.2) is 84.9 Å². The second-order valence-electron chi connectivity index (χ2n) is 7.17. The Hall–Kier alpha value is -3.25. The minimum atomic E-state index is -1.14. The van der Waals surface area contributed by atoms with Gasteiger partial charge in [-0.3, -0.25) is 4.79 Å². The van der Waals surface area contributed by atoms with Gasteiger partial charge in [0.1, 0.15) is 11.5 Å². The average Bonchev–Trinajstić information content (AvgIpc) is 2.80. The highest BCUT2D eigenvalue weighted by Gasteiger charge is 2.26. The van der Waals surface area contributed by atoms with Crippen LogP contribution in [0.4, 0.5) is 0 Å². The van der Waals surface area contributed by atoms with Gasteiger partial charge in [0, 0.05) is 11.7 Å². The largest absolute Gasteiger partial charge is 0.479 e. The van der Waals surface area contributed by atoms with Gasteiger partial charge in [0.05, 0.1) is 0 Å². The Morgan fingerprint density at radius 2 is 1.45 bits per heavy atom. The summed E-state index contributed by atoms with van der Waals surface area (Å²) in [5.74, 6) is -0.204. The van der Waals surface area contributed by atoms with E-state index in [-0.39, 0.29) is 11.8 Å². The molecule has 0 fully saturated rings. The molecule has 0 aliphatic carbocycles. The number of carbonyl (C=O) groups excluding carboxylic acids is 1. The number of amides is 1. The molecule has 0 spiro atoms. The number of carbonyl (C=O) groups is 2. The normalized spacial score (nSPS) is 12.5. The molecule has 2 N–H and O–H groups in total. The first kappa shape index (κ1) is 22.4. The van der Waals surface area contributed by atoms with E-state index in [1.54, 1.807) is 24.3 Å². The van der Waals surface area contributed by atoms with Gasteiger partial charge < -0.3 is 15.2 Å². The third-order valence-electron chi connectivity index (χ3n) is 4.94. The fourth-order valence-corrected chi connectivity index (χ4v) is 3.54.